The summed E-state index contributed by atoms with van der Waals surface area (Å²) in [5.74, 6) is -3.24. The van der Waals surface area contributed by atoms with Crippen LogP contribution in [-0.4, -0.2) is 52.7 Å². The molecule has 0 N–H and O–H groups in total. The number of hydrogen-bond donors (Lipinski definition) is 0. The maximum absolute atomic E-state index is 12.4. The summed E-state index contributed by atoms with van der Waals surface area (Å²) in [6, 6.07) is 6.34. The summed E-state index contributed by atoms with van der Waals surface area (Å²) in [5, 5.41) is 0. The number of imide groups is 2. The second-order valence-electron chi connectivity index (χ2n) is 6.99. The minimum atomic E-state index is -0.827. The SMILES string of the molecule is O=C(CN1C(=O)[C@@H]2CCCC[C@H]2C1=O)OCN1C(=O)c2ccccc2C1=O. The van der Waals surface area contributed by atoms with Gasteiger partial charge in [0.25, 0.3) is 11.8 Å². The zero-order valence-corrected chi connectivity index (χ0v) is 14.6. The molecule has 2 heterocycles. The number of carbonyl (C=O) groups excluding carboxylic acids is 5. The summed E-state index contributed by atoms with van der Waals surface area (Å²) in [7, 11) is 0. The van der Waals surface area contributed by atoms with E-state index < -0.39 is 31.1 Å². The normalized spacial score (nSPS) is 24.3. The molecule has 1 saturated heterocycles. The number of rotatable bonds is 4. The van der Waals surface area contributed by atoms with E-state index in [-0.39, 0.29) is 34.8 Å². The molecule has 0 radical (unpaired) electrons. The Balaban J connectivity index is 1.37. The smallest absolute Gasteiger partial charge is 0.327 e. The van der Waals surface area contributed by atoms with Gasteiger partial charge in [0.1, 0.15) is 6.54 Å². The number of likely N-dealkylation sites (tertiary alicyclic amines) is 1. The number of nitrogens with zero attached hydrogens (tertiary/aromatic N) is 2. The lowest BCUT2D eigenvalue weighted by Gasteiger charge is -2.19. The highest BCUT2D eigenvalue weighted by molar-refractivity contribution is 6.21. The molecule has 0 aromatic heterocycles. The summed E-state index contributed by atoms with van der Waals surface area (Å²) < 4.78 is 5.01. The second kappa shape index (κ2) is 6.61. The van der Waals surface area contributed by atoms with Crippen LogP contribution in [0.2, 0.25) is 0 Å². The van der Waals surface area contributed by atoms with Gasteiger partial charge in [0.15, 0.2) is 6.73 Å². The van der Waals surface area contributed by atoms with Gasteiger partial charge in [0, 0.05) is 0 Å². The lowest BCUT2D eigenvalue weighted by Crippen LogP contribution is -2.39. The molecule has 4 amide bonds. The third-order valence-corrected chi connectivity index (χ3v) is 5.45. The van der Waals surface area contributed by atoms with Gasteiger partial charge in [0.05, 0.1) is 23.0 Å². The molecule has 1 aromatic rings. The van der Waals surface area contributed by atoms with Crippen LogP contribution in [0.1, 0.15) is 46.4 Å². The van der Waals surface area contributed by atoms with Crippen molar-refractivity contribution in [3.05, 3.63) is 35.4 Å². The summed E-state index contributed by atoms with van der Waals surface area (Å²) in [6.45, 7) is -1.04. The molecular formula is C19H18N2O6. The maximum Gasteiger partial charge on any atom is 0.327 e. The van der Waals surface area contributed by atoms with Gasteiger partial charge in [-0.1, -0.05) is 25.0 Å². The van der Waals surface area contributed by atoms with Crippen molar-refractivity contribution in [1.82, 2.24) is 9.80 Å². The van der Waals surface area contributed by atoms with Crippen LogP contribution in [0.25, 0.3) is 0 Å². The topological polar surface area (TPSA) is 101 Å². The number of benzene rings is 1. The van der Waals surface area contributed by atoms with Gasteiger partial charge in [-0.05, 0) is 25.0 Å². The van der Waals surface area contributed by atoms with E-state index in [0.29, 0.717) is 12.8 Å². The van der Waals surface area contributed by atoms with Crippen LogP contribution in [0.5, 0.6) is 0 Å². The van der Waals surface area contributed by atoms with E-state index in [4.69, 9.17) is 4.74 Å². The zero-order chi connectivity index (χ0) is 19.1. The van der Waals surface area contributed by atoms with E-state index >= 15 is 0 Å². The molecular weight excluding hydrogens is 352 g/mol. The Morgan fingerprint density at radius 3 is 1.93 bits per heavy atom. The first-order valence-corrected chi connectivity index (χ1v) is 8.95. The van der Waals surface area contributed by atoms with Gasteiger partial charge < -0.3 is 4.74 Å². The fraction of sp³-hybridized carbons (Fsp3) is 0.421. The van der Waals surface area contributed by atoms with Crippen molar-refractivity contribution in [2.24, 2.45) is 11.8 Å². The quantitative estimate of drug-likeness (QED) is 0.578. The van der Waals surface area contributed by atoms with E-state index in [1.54, 1.807) is 12.1 Å². The van der Waals surface area contributed by atoms with Crippen LogP contribution < -0.4 is 0 Å². The van der Waals surface area contributed by atoms with Gasteiger partial charge in [-0.2, -0.15) is 0 Å². The van der Waals surface area contributed by atoms with Gasteiger partial charge in [0.2, 0.25) is 11.8 Å². The van der Waals surface area contributed by atoms with Gasteiger partial charge in [-0.3, -0.25) is 28.9 Å². The Bertz CT molecular complexity index is 805. The van der Waals surface area contributed by atoms with Crippen molar-refractivity contribution in [2.45, 2.75) is 25.7 Å². The zero-order valence-electron chi connectivity index (χ0n) is 14.6. The monoisotopic (exact) mass is 370 g/mol. The summed E-state index contributed by atoms with van der Waals surface area (Å²) in [6.07, 6.45) is 3.13. The van der Waals surface area contributed by atoms with Crippen LogP contribution in [0.15, 0.2) is 24.3 Å². The molecule has 1 aromatic carbocycles. The highest BCUT2D eigenvalue weighted by Crippen LogP contribution is 2.37. The van der Waals surface area contributed by atoms with Crippen LogP contribution in [0.4, 0.5) is 0 Å². The van der Waals surface area contributed by atoms with E-state index in [9.17, 15) is 24.0 Å². The molecule has 1 saturated carbocycles. The predicted octanol–water partition coefficient (Wildman–Crippen LogP) is 0.958. The number of amides is 4. The molecule has 140 valence electrons. The van der Waals surface area contributed by atoms with Gasteiger partial charge in [-0.15, -0.1) is 0 Å². The molecule has 1 aliphatic carbocycles. The van der Waals surface area contributed by atoms with Crippen molar-refractivity contribution in [2.75, 3.05) is 13.3 Å². The maximum atomic E-state index is 12.4. The summed E-state index contributed by atoms with van der Waals surface area (Å²) >= 11 is 0. The van der Waals surface area contributed by atoms with E-state index in [1.807, 2.05) is 0 Å². The Labute approximate surface area is 155 Å². The summed E-state index contributed by atoms with van der Waals surface area (Å²) in [5.41, 5.74) is 0.514. The molecule has 2 atom stereocenters. The standard InChI is InChI=1S/C19H18N2O6/c22-15(9-20-16(23)11-5-1-2-6-12(11)17(20)24)27-10-21-18(25)13-7-3-4-8-14(13)19(21)26/h3-4,7-8,11-12H,1-2,5-6,9-10H2/t11-,12-/m1/s1. The number of hydrogen-bond acceptors (Lipinski definition) is 6. The van der Waals surface area contributed by atoms with Crippen molar-refractivity contribution in [3.8, 4) is 0 Å². The highest BCUT2D eigenvalue weighted by atomic mass is 16.5. The van der Waals surface area contributed by atoms with Crippen LogP contribution in [-0.2, 0) is 19.1 Å². The molecule has 0 unspecified atom stereocenters. The molecule has 4 rings (SSSR count). The Hall–Kier alpha value is -3.03. The number of esters is 1. The molecule has 2 fully saturated rings. The number of ether oxygens (including phenoxy) is 1. The molecule has 0 spiro atoms. The first-order valence-electron chi connectivity index (χ1n) is 8.95. The van der Waals surface area contributed by atoms with E-state index in [2.05, 4.69) is 0 Å². The van der Waals surface area contributed by atoms with Crippen molar-refractivity contribution >= 4 is 29.6 Å². The Morgan fingerprint density at radius 1 is 0.889 bits per heavy atom. The lowest BCUT2D eigenvalue weighted by atomic mass is 9.81. The average Bonchev–Trinajstić information content (AvgIpc) is 3.07. The van der Waals surface area contributed by atoms with Crippen LogP contribution >= 0.6 is 0 Å². The molecule has 3 aliphatic rings. The second-order valence-corrected chi connectivity index (χ2v) is 6.99. The fourth-order valence-corrected chi connectivity index (χ4v) is 4.05. The molecule has 27 heavy (non-hydrogen) atoms. The van der Waals surface area contributed by atoms with Crippen molar-refractivity contribution in [1.29, 1.82) is 0 Å². The molecule has 8 heteroatoms. The van der Waals surface area contributed by atoms with E-state index in [1.165, 1.54) is 12.1 Å². The third kappa shape index (κ3) is 2.81. The van der Waals surface area contributed by atoms with Crippen molar-refractivity contribution in [3.63, 3.8) is 0 Å². The van der Waals surface area contributed by atoms with Crippen molar-refractivity contribution < 1.29 is 28.7 Å². The lowest BCUT2D eigenvalue weighted by molar-refractivity contribution is -0.154. The fourth-order valence-electron chi connectivity index (χ4n) is 4.05. The first kappa shape index (κ1) is 17.4. The predicted molar refractivity (Wildman–Crippen MR) is 90.1 cm³/mol. The largest absolute Gasteiger partial charge is 0.442 e. The average molecular weight is 370 g/mol. The van der Waals surface area contributed by atoms with Gasteiger partial charge in [-0.25, -0.2) is 4.90 Å². The summed E-state index contributed by atoms with van der Waals surface area (Å²) in [4.78, 5) is 63.1. The molecule has 8 nitrogen and oxygen atoms in total. The molecule has 2 aliphatic heterocycles. The van der Waals surface area contributed by atoms with Gasteiger partial charge >= 0.3 is 5.97 Å². The third-order valence-electron chi connectivity index (χ3n) is 5.45. The van der Waals surface area contributed by atoms with Crippen LogP contribution in [0, 0.1) is 11.8 Å². The Kier molecular flexibility index (Phi) is 4.25. The minimum Gasteiger partial charge on any atom is -0.442 e. The Morgan fingerprint density at radius 2 is 1.41 bits per heavy atom. The first-order chi connectivity index (χ1) is 13.0. The minimum absolute atomic E-state index is 0.257. The number of fused-ring (bicyclic) bond motifs is 2. The van der Waals surface area contributed by atoms with Crippen LogP contribution in [0.3, 0.4) is 0 Å². The number of carbonyl (C=O) groups is 5. The van der Waals surface area contributed by atoms with E-state index in [0.717, 1.165) is 22.6 Å². The molecule has 0 bridgehead atoms. The highest BCUT2D eigenvalue weighted by Gasteiger charge is 2.48.